The summed E-state index contributed by atoms with van der Waals surface area (Å²) < 4.78 is 145. The lowest BCUT2D eigenvalue weighted by Crippen LogP contribution is -2.70. The Bertz CT molecular complexity index is 3780. The van der Waals surface area contributed by atoms with Crippen molar-refractivity contribution >= 4 is 27.6 Å². The van der Waals surface area contributed by atoms with Crippen LogP contribution in [0.15, 0.2) is 0 Å². The van der Waals surface area contributed by atoms with Crippen LogP contribution in [0.5, 0.6) is 0 Å². The summed E-state index contributed by atoms with van der Waals surface area (Å²) in [6, 6.07) is 0. The van der Waals surface area contributed by atoms with Crippen LogP contribution in [0.1, 0.15) is 12.8 Å². The quantitative estimate of drug-likeness (QED) is 0.0253. The Morgan fingerprint density at radius 3 is 1.10 bits per heavy atom. The van der Waals surface area contributed by atoms with E-state index in [4.69, 9.17) is 99.0 Å². The Hall–Kier alpha value is -2.96. The van der Waals surface area contributed by atoms with E-state index < -0.39 is 437 Å². The van der Waals surface area contributed by atoms with E-state index >= 15 is 0 Å². The molecule has 10 rings (SSSR count). The number of carbonyl (C=O) groups is 2. The average Bonchev–Trinajstić information content (AvgIpc) is 0.742. The summed E-state index contributed by atoms with van der Waals surface area (Å²) in [6.45, 7) is -13.8. The van der Waals surface area contributed by atoms with Crippen LogP contribution < -0.4 is 0 Å². The Morgan fingerprint density at radius 1 is 0.311 bits per heavy atom. The van der Waals surface area contributed by atoms with Gasteiger partial charge < -0.3 is 293 Å². The SMILES string of the molecule is O=C(O)[C@@]1(O[C@@H]2C[C@](O)(C(=O)O)O[C@H]([C@H](O)CO)[C@@H]2O[C@H]2O[C@H]([C@@H](O)CO)[C@@H](OP(=O)(O)O)[C@@H](O[C@@H]3O[C@H]([C@H](O)CO[C@H]4O[C@H]([C@@H](O)CO)[C@@H](O)[C@H](O)[C@@H]4O)[C@@H](OP(=O)(O)O)[C@H](O[C@@H]4O[C@H](CO[C@@H]5O[C@H](CO)[C@H](O)[C@H](O)[C@H]5O)[C@@H](O)[C@H](O[C@@H]5O[C@H](CO)[C@@H](O)[C@H](O)[C@H]5O[C@@H]5O[C@H](CO[C@H]6OC([C@@H](O)CO)[C@@H](O)[C@H](O)[C@@H]6O)[C@@H](O)[C@H](O)[C@H]5O)[C@H]4O)[C@@H]3O)[C@@H]2O)C[C@@H](O)[C@@H](O)[C@@H]([C@H](O)CO)O1. The molecule has 10 saturated heterocycles. The van der Waals surface area contributed by atoms with Gasteiger partial charge in [0.1, 0.15) is 256 Å². The maximum Gasteiger partial charge on any atom is 0.470 e. The number of phosphoric acid groups is 2. The van der Waals surface area contributed by atoms with Crippen molar-refractivity contribution in [1.29, 1.82) is 0 Å². The summed E-state index contributed by atoms with van der Waals surface area (Å²) in [7, 11) is -12.9. The molecule has 0 aromatic rings. The largest absolute Gasteiger partial charge is 0.477 e. The van der Waals surface area contributed by atoms with Crippen LogP contribution in [0.4, 0.5) is 0 Å². The normalized spacial score (nSPS) is 48.0. The Morgan fingerprint density at radius 2 is 0.652 bits per heavy atom. The van der Waals surface area contributed by atoms with Gasteiger partial charge in [-0.1, -0.05) is 0 Å². The van der Waals surface area contributed by atoms with Gasteiger partial charge in [-0.15, -0.1) is 0 Å². The number of phosphoric ester groups is 2. The van der Waals surface area contributed by atoms with Gasteiger partial charge in [-0.05, 0) is 0 Å². The van der Waals surface area contributed by atoms with Crippen molar-refractivity contribution in [3.8, 4) is 0 Å². The fraction of sp³-hybridized carbons (Fsp3) is 0.971. The van der Waals surface area contributed by atoms with E-state index in [1.165, 1.54) is 0 Å². The monoisotopic (exact) mass is 2030 g/mol. The fourth-order valence-corrected chi connectivity index (χ4v) is 17.6. The predicted octanol–water partition coefficient (Wildman–Crippen LogP) is -25.4. The van der Waals surface area contributed by atoms with Crippen LogP contribution in [-0.4, -0.2) is 612 Å². The van der Waals surface area contributed by atoms with Gasteiger partial charge in [-0.2, -0.15) is 0 Å². The Labute approximate surface area is 756 Å². The van der Waals surface area contributed by atoms with Gasteiger partial charge in [0.15, 0.2) is 50.3 Å². The number of ether oxygens (including phenoxy) is 19. The molecule has 0 radical (unpaired) electrons. The third-order valence-electron chi connectivity index (χ3n) is 23.8. The minimum atomic E-state index is -6.49. The molecular formula is C68H116O65P2. The first-order valence-corrected chi connectivity index (χ1v) is 44.2. The molecule has 1 unspecified atom stereocenters. The molecule has 10 aliphatic rings. The standard InChI is InChI=1S/C68H116O65P2/c69-3-14(77)44-35(93)32(90)38(96)58(120-44)113-10-19(82)48-56(133-135(110,111)112)53(43(101)63(123-48)127-52-42(100)62(122-47(17(80)6-72)55(52)132-134(107,108)109)124-50-20(2-67(106,65(102)103)130-49(50)18(81)7-73)129-68(66(104)105)1-13(76)25(83)46(131-68)16(79)5-71)126-61-41(99)51(29(87)24(119-61)12-114-57-37(95)30(88)26(84)21(8-74)116-57)125-64-54(34(92)27(85)22(9-75)117-64)128-60-40(98)31(89)28(86)23(118-60)11-115-59-39(97)33(91)36(94)45(121-59)15(78)4-70/h13-64,69-101,106H,1-12H2,(H,102,103)(H,104,105)(H2,107,108,109)(H2,110,111,112)/t13-,14+,15+,16-,17+,18-,19-,20-,21-,22-,23-,24-,25-,26+,27-,28-,29-,30+,31+,32+,33+,34+,35+,36+,37-,38+,39+,40-,41-,42+,43+,44-,45?,46-,47-,48-,49-,50-,51+,52+,53-,54-,55-,56-,57-,58+,59+,60+,61+,62-,63+,64+,67-,68-/m1/s1. The molecule has 67 heteroatoms. The fourth-order valence-electron chi connectivity index (χ4n) is 16.4. The molecule has 0 amide bonds. The number of aliphatic carboxylic acids is 2. The molecule has 10 aliphatic heterocycles. The van der Waals surface area contributed by atoms with Gasteiger partial charge >= 0.3 is 27.6 Å². The zero-order chi connectivity index (χ0) is 101. The van der Waals surface area contributed by atoms with E-state index in [1.807, 2.05) is 0 Å². The van der Waals surface area contributed by atoms with Crippen molar-refractivity contribution in [3.05, 3.63) is 0 Å². The van der Waals surface area contributed by atoms with E-state index in [2.05, 4.69) is 0 Å². The number of hydrogen-bond donors (Lipinski definition) is 40. The number of carboxylic acids is 2. The molecule has 788 valence electrons. The molecule has 0 saturated carbocycles. The average molecular weight is 2040 g/mol. The number of aliphatic hydroxyl groups excluding tert-OH is 33. The van der Waals surface area contributed by atoms with Gasteiger partial charge in [0.05, 0.1) is 78.3 Å². The van der Waals surface area contributed by atoms with E-state index in [9.17, 15) is 222 Å². The highest BCUT2D eigenvalue weighted by Gasteiger charge is 2.66. The zero-order valence-corrected chi connectivity index (χ0v) is 71.3. The molecule has 0 bridgehead atoms. The smallest absolute Gasteiger partial charge is 0.470 e. The first-order valence-electron chi connectivity index (χ1n) is 41.1. The molecule has 0 aromatic heterocycles. The first kappa shape index (κ1) is 114. The summed E-state index contributed by atoms with van der Waals surface area (Å²) in [5, 5.41) is 398. The zero-order valence-electron chi connectivity index (χ0n) is 69.5. The molecular weight excluding hydrogens is 1920 g/mol. The lowest BCUT2D eigenvalue weighted by atomic mass is 9.89. The van der Waals surface area contributed by atoms with E-state index in [0.717, 1.165) is 0 Å². The third kappa shape index (κ3) is 25.4. The van der Waals surface area contributed by atoms with E-state index in [-0.39, 0.29) is 0 Å². The lowest BCUT2D eigenvalue weighted by Gasteiger charge is -2.52. The van der Waals surface area contributed by atoms with Crippen molar-refractivity contribution in [3.63, 3.8) is 0 Å². The van der Waals surface area contributed by atoms with Crippen LogP contribution in [0.25, 0.3) is 0 Å². The van der Waals surface area contributed by atoms with Crippen LogP contribution >= 0.6 is 15.6 Å². The second-order valence-corrected chi connectivity index (χ2v) is 35.5. The van der Waals surface area contributed by atoms with Crippen molar-refractivity contribution in [2.24, 2.45) is 0 Å². The van der Waals surface area contributed by atoms with Crippen molar-refractivity contribution in [1.82, 2.24) is 0 Å². The maximum atomic E-state index is 13.5. The highest BCUT2D eigenvalue weighted by atomic mass is 31.2. The number of carboxylic acid groups (broad SMARTS) is 2. The van der Waals surface area contributed by atoms with E-state index in [0.29, 0.717) is 0 Å². The second kappa shape index (κ2) is 47.5. The lowest BCUT2D eigenvalue weighted by molar-refractivity contribution is -0.409. The Kier molecular flexibility index (Phi) is 40.1. The van der Waals surface area contributed by atoms with Gasteiger partial charge in [0.2, 0.25) is 0 Å². The molecule has 0 spiro atoms. The van der Waals surface area contributed by atoms with Crippen LogP contribution in [0.2, 0.25) is 0 Å². The summed E-state index contributed by atoms with van der Waals surface area (Å²) in [6.07, 6.45) is -137. The second-order valence-electron chi connectivity index (χ2n) is 33.1. The molecule has 0 aliphatic carbocycles. The van der Waals surface area contributed by atoms with Gasteiger partial charge in [-0.3, -0.25) is 9.05 Å². The highest BCUT2D eigenvalue weighted by molar-refractivity contribution is 7.46. The van der Waals surface area contributed by atoms with Gasteiger partial charge in [0.25, 0.3) is 11.6 Å². The summed E-state index contributed by atoms with van der Waals surface area (Å²) in [4.78, 5) is 69.1. The van der Waals surface area contributed by atoms with Crippen molar-refractivity contribution in [2.45, 2.75) is 343 Å². The number of aliphatic hydroxyl groups is 34. The molecule has 0 aromatic carbocycles. The number of rotatable bonds is 40. The third-order valence-corrected chi connectivity index (χ3v) is 24.8. The topological polar surface area (TPSA) is 1070 Å². The van der Waals surface area contributed by atoms with Crippen LogP contribution in [0, 0.1) is 0 Å². The molecule has 10 heterocycles. The minimum absolute atomic E-state index is 1.10. The number of hydrogen-bond acceptors (Lipinski definition) is 59. The summed E-state index contributed by atoms with van der Waals surface area (Å²) >= 11 is 0. The maximum absolute atomic E-state index is 13.5. The first-order chi connectivity index (χ1) is 63.1. The minimum Gasteiger partial charge on any atom is -0.477 e. The van der Waals surface area contributed by atoms with Gasteiger partial charge in [-0.25, -0.2) is 18.7 Å². The van der Waals surface area contributed by atoms with Crippen molar-refractivity contribution < 1.29 is 321 Å². The molecule has 10 fully saturated rings. The molecule has 54 atom stereocenters. The van der Waals surface area contributed by atoms with Gasteiger partial charge in [0, 0.05) is 12.8 Å². The predicted molar refractivity (Wildman–Crippen MR) is 398 cm³/mol. The molecule has 65 nitrogen and oxygen atoms in total. The van der Waals surface area contributed by atoms with E-state index in [1.54, 1.807) is 0 Å². The summed E-state index contributed by atoms with van der Waals surface area (Å²) in [5.74, 6) is -12.2. The Balaban J connectivity index is 1.08. The molecule has 40 N–H and O–H groups in total. The van der Waals surface area contributed by atoms with Crippen molar-refractivity contribution in [2.75, 3.05) is 66.1 Å². The summed E-state index contributed by atoms with van der Waals surface area (Å²) in [5.41, 5.74) is 0. The molecule has 135 heavy (non-hydrogen) atoms. The highest BCUT2D eigenvalue weighted by Crippen LogP contribution is 2.49. The van der Waals surface area contributed by atoms with Crippen LogP contribution in [0.3, 0.4) is 0 Å². The van der Waals surface area contributed by atoms with Crippen LogP contribution in [-0.2, 0) is 118 Å².